The highest BCUT2D eigenvalue weighted by molar-refractivity contribution is 5.85. The molecule has 1 aliphatic heterocycles. The van der Waals surface area contributed by atoms with E-state index in [0.717, 1.165) is 25.2 Å². The highest BCUT2D eigenvalue weighted by Crippen LogP contribution is 1.91. The summed E-state index contributed by atoms with van der Waals surface area (Å²) in [4.78, 5) is 0. The van der Waals surface area contributed by atoms with Gasteiger partial charge in [-0.05, 0) is 19.4 Å². The van der Waals surface area contributed by atoms with E-state index in [4.69, 9.17) is 5.41 Å². The van der Waals surface area contributed by atoms with Crippen LogP contribution in [0.5, 0.6) is 0 Å². The third-order valence-electron chi connectivity index (χ3n) is 1.02. The van der Waals surface area contributed by atoms with Crippen molar-refractivity contribution in [1.29, 1.82) is 5.41 Å². The monoisotopic (exact) mass is 97.1 g/mol. The molecule has 0 atom stereocenters. The fourth-order valence-corrected chi connectivity index (χ4v) is 0.644. The number of hydrogen-bond donors (Lipinski definition) is 2. The van der Waals surface area contributed by atoms with Crippen LogP contribution >= 0.6 is 0 Å². The second kappa shape index (κ2) is 2.07. The zero-order chi connectivity index (χ0) is 5.11. The van der Waals surface area contributed by atoms with Crippen LogP contribution in [0.4, 0.5) is 0 Å². The van der Waals surface area contributed by atoms with Gasteiger partial charge >= 0.3 is 0 Å². The first-order valence-corrected chi connectivity index (χ1v) is 2.48. The Kier molecular flexibility index (Phi) is 1.42. The largest absolute Gasteiger partial charge is 0.311 e. The molecule has 0 bridgehead atoms. The van der Waals surface area contributed by atoms with E-state index in [2.05, 4.69) is 11.7 Å². The van der Waals surface area contributed by atoms with E-state index < -0.39 is 0 Å². The summed E-state index contributed by atoms with van der Waals surface area (Å²) in [5.74, 6) is 0. The van der Waals surface area contributed by atoms with E-state index >= 15 is 0 Å². The molecule has 1 fully saturated rings. The van der Waals surface area contributed by atoms with E-state index in [-0.39, 0.29) is 0 Å². The Hall–Kier alpha value is -0.370. The van der Waals surface area contributed by atoms with Crippen LogP contribution in [0.25, 0.3) is 0 Å². The first kappa shape index (κ1) is 4.78. The number of piperidine rings is 1. The first-order chi connectivity index (χ1) is 3.39. The van der Waals surface area contributed by atoms with Crippen LogP contribution in [0.15, 0.2) is 0 Å². The summed E-state index contributed by atoms with van der Waals surface area (Å²) in [7, 11) is 0. The number of hydrogen-bond acceptors (Lipinski definition) is 2. The molecule has 1 saturated heterocycles. The lowest BCUT2D eigenvalue weighted by Gasteiger charge is -2.10. The van der Waals surface area contributed by atoms with Crippen molar-refractivity contribution in [3.05, 3.63) is 6.42 Å². The zero-order valence-electron chi connectivity index (χ0n) is 4.20. The minimum Gasteiger partial charge on any atom is -0.311 e. The minimum atomic E-state index is 0.788. The van der Waals surface area contributed by atoms with Gasteiger partial charge in [0.15, 0.2) is 0 Å². The van der Waals surface area contributed by atoms with Gasteiger partial charge in [-0.3, -0.25) is 0 Å². The third-order valence-corrected chi connectivity index (χ3v) is 1.02. The van der Waals surface area contributed by atoms with Gasteiger partial charge in [0.2, 0.25) is 0 Å². The second-order valence-corrected chi connectivity index (χ2v) is 1.73. The standard InChI is InChI=1S/C5H9N2/c6-5-2-1-3-7-4-5/h1,6-7H,2-4H2. The van der Waals surface area contributed by atoms with Gasteiger partial charge < -0.3 is 10.7 Å². The van der Waals surface area contributed by atoms with Crippen molar-refractivity contribution in [2.45, 2.75) is 6.42 Å². The highest BCUT2D eigenvalue weighted by atomic mass is 14.9. The molecule has 0 aliphatic carbocycles. The predicted molar refractivity (Wildman–Crippen MR) is 29.5 cm³/mol. The summed E-state index contributed by atoms with van der Waals surface area (Å²) in [5, 5.41) is 10.1. The molecule has 0 spiro atoms. The molecule has 7 heavy (non-hydrogen) atoms. The van der Waals surface area contributed by atoms with E-state index in [0.29, 0.717) is 0 Å². The Morgan fingerprint density at radius 2 is 2.57 bits per heavy atom. The van der Waals surface area contributed by atoms with Gasteiger partial charge in [-0.2, -0.15) is 0 Å². The lowest BCUT2D eigenvalue weighted by molar-refractivity contribution is 0.771. The number of rotatable bonds is 0. The summed E-state index contributed by atoms with van der Waals surface area (Å²) in [5.41, 5.74) is 0.797. The molecule has 1 heterocycles. The summed E-state index contributed by atoms with van der Waals surface area (Å²) < 4.78 is 0. The first-order valence-electron chi connectivity index (χ1n) is 2.48. The zero-order valence-corrected chi connectivity index (χ0v) is 4.20. The molecule has 39 valence electrons. The highest BCUT2D eigenvalue weighted by Gasteiger charge is 2.01. The quantitative estimate of drug-likeness (QED) is 0.445. The number of nitrogens with one attached hydrogen (secondary N) is 2. The van der Waals surface area contributed by atoms with Crippen LogP contribution in [0.1, 0.15) is 6.42 Å². The van der Waals surface area contributed by atoms with Gasteiger partial charge in [0.1, 0.15) is 0 Å². The maximum Gasteiger partial charge on any atom is 0.0332 e. The maximum atomic E-state index is 7.09. The van der Waals surface area contributed by atoms with Crippen LogP contribution in [0.3, 0.4) is 0 Å². The summed E-state index contributed by atoms with van der Waals surface area (Å²) in [6.45, 7) is 1.76. The molecule has 0 amide bonds. The maximum absolute atomic E-state index is 7.09. The Bertz CT molecular complexity index is 70.1. The van der Waals surface area contributed by atoms with Gasteiger partial charge in [0, 0.05) is 12.3 Å². The van der Waals surface area contributed by atoms with E-state index in [1.165, 1.54) is 0 Å². The summed E-state index contributed by atoms with van der Waals surface area (Å²) >= 11 is 0. The van der Waals surface area contributed by atoms with Crippen molar-refractivity contribution < 1.29 is 0 Å². The fourth-order valence-electron chi connectivity index (χ4n) is 0.644. The molecular weight excluding hydrogens is 88.1 g/mol. The van der Waals surface area contributed by atoms with Gasteiger partial charge in [0.25, 0.3) is 0 Å². The van der Waals surface area contributed by atoms with Crippen molar-refractivity contribution in [3.63, 3.8) is 0 Å². The van der Waals surface area contributed by atoms with E-state index in [1.807, 2.05) is 0 Å². The average Bonchev–Trinajstić information content (AvgIpc) is 1.69. The van der Waals surface area contributed by atoms with Crippen LogP contribution < -0.4 is 5.32 Å². The van der Waals surface area contributed by atoms with E-state index in [9.17, 15) is 0 Å². The van der Waals surface area contributed by atoms with Gasteiger partial charge in [-0.1, -0.05) is 0 Å². The predicted octanol–water partition coefficient (Wildman–Crippen LogP) is 0.204. The summed E-state index contributed by atoms with van der Waals surface area (Å²) in [6.07, 6.45) is 2.96. The molecule has 1 radical (unpaired) electrons. The van der Waals surface area contributed by atoms with Crippen LogP contribution in [0.2, 0.25) is 0 Å². The minimum absolute atomic E-state index is 0.788. The van der Waals surface area contributed by atoms with Crippen molar-refractivity contribution in [2.75, 3.05) is 13.1 Å². The van der Waals surface area contributed by atoms with Gasteiger partial charge in [-0.15, -0.1) is 0 Å². The van der Waals surface area contributed by atoms with Crippen molar-refractivity contribution >= 4 is 5.71 Å². The molecule has 2 N–H and O–H groups in total. The molecule has 2 nitrogen and oxygen atoms in total. The van der Waals surface area contributed by atoms with Gasteiger partial charge in [-0.25, -0.2) is 0 Å². The SMILES string of the molecule is N=C1C[CH]CNC1. The summed E-state index contributed by atoms with van der Waals surface area (Å²) in [6, 6.07) is 0. The fraction of sp³-hybridized carbons (Fsp3) is 0.600. The Morgan fingerprint density at radius 3 is 2.86 bits per heavy atom. The van der Waals surface area contributed by atoms with Gasteiger partial charge in [0.05, 0.1) is 0 Å². The molecule has 1 aliphatic rings. The molecule has 0 aromatic rings. The molecule has 0 unspecified atom stereocenters. The second-order valence-electron chi connectivity index (χ2n) is 1.73. The molecular formula is C5H9N2. The Balaban J connectivity index is 2.25. The van der Waals surface area contributed by atoms with Crippen LogP contribution in [0, 0.1) is 11.8 Å². The Labute approximate surface area is 43.4 Å². The van der Waals surface area contributed by atoms with Crippen molar-refractivity contribution in [2.24, 2.45) is 0 Å². The molecule has 2 heteroatoms. The topological polar surface area (TPSA) is 35.9 Å². The molecule has 0 saturated carbocycles. The Morgan fingerprint density at radius 1 is 1.71 bits per heavy atom. The normalized spacial score (nSPS) is 22.6. The molecule has 1 rings (SSSR count). The molecule has 0 aromatic heterocycles. The lowest BCUT2D eigenvalue weighted by atomic mass is 10.1. The van der Waals surface area contributed by atoms with Crippen LogP contribution in [-0.2, 0) is 0 Å². The average molecular weight is 97.1 g/mol. The van der Waals surface area contributed by atoms with Crippen molar-refractivity contribution in [3.8, 4) is 0 Å². The molecule has 0 aromatic carbocycles. The third kappa shape index (κ3) is 1.27. The van der Waals surface area contributed by atoms with Crippen molar-refractivity contribution in [1.82, 2.24) is 5.32 Å². The van der Waals surface area contributed by atoms with Crippen LogP contribution in [-0.4, -0.2) is 18.8 Å². The van der Waals surface area contributed by atoms with E-state index in [1.54, 1.807) is 0 Å². The lowest BCUT2D eigenvalue weighted by Crippen LogP contribution is -2.29. The smallest absolute Gasteiger partial charge is 0.0332 e.